The van der Waals surface area contributed by atoms with Crippen LogP contribution < -0.4 is 5.32 Å². The SMILES string of the molecule is N#CC1(C(=O)Nc2cc(Cl)cc(Cl)c2)CCCC1. The first-order chi connectivity index (χ1) is 8.55. The highest BCUT2D eigenvalue weighted by Crippen LogP contribution is 2.38. The molecule has 0 radical (unpaired) electrons. The first-order valence-corrected chi connectivity index (χ1v) is 6.50. The fourth-order valence-electron chi connectivity index (χ4n) is 2.24. The van der Waals surface area contributed by atoms with Gasteiger partial charge in [0, 0.05) is 15.7 Å². The molecule has 0 spiro atoms. The van der Waals surface area contributed by atoms with Gasteiger partial charge in [0.1, 0.15) is 5.41 Å². The Morgan fingerprint density at radius 2 is 1.78 bits per heavy atom. The topological polar surface area (TPSA) is 52.9 Å². The molecule has 1 aliphatic carbocycles. The minimum Gasteiger partial charge on any atom is -0.325 e. The van der Waals surface area contributed by atoms with E-state index in [1.54, 1.807) is 18.2 Å². The van der Waals surface area contributed by atoms with E-state index in [1.165, 1.54) is 0 Å². The minimum atomic E-state index is -0.894. The molecule has 0 heterocycles. The van der Waals surface area contributed by atoms with Gasteiger partial charge in [-0.25, -0.2) is 0 Å². The summed E-state index contributed by atoms with van der Waals surface area (Å²) in [7, 11) is 0. The molecule has 0 bridgehead atoms. The van der Waals surface area contributed by atoms with Gasteiger partial charge in [0.05, 0.1) is 6.07 Å². The first-order valence-electron chi connectivity index (χ1n) is 5.74. The van der Waals surface area contributed by atoms with E-state index in [4.69, 9.17) is 23.2 Å². The molecular weight excluding hydrogens is 271 g/mol. The highest BCUT2D eigenvalue weighted by Gasteiger charge is 2.41. The van der Waals surface area contributed by atoms with Crippen LogP contribution in [-0.2, 0) is 4.79 Å². The molecule has 94 valence electrons. The molecule has 18 heavy (non-hydrogen) atoms. The number of nitriles is 1. The Hall–Kier alpha value is -1.24. The zero-order valence-corrected chi connectivity index (χ0v) is 11.2. The van der Waals surface area contributed by atoms with Crippen LogP contribution in [0.25, 0.3) is 0 Å². The summed E-state index contributed by atoms with van der Waals surface area (Å²) in [5.41, 5.74) is -0.367. The van der Waals surface area contributed by atoms with Crippen LogP contribution in [0.1, 0.15) is 25.7 Å². The number of rotatable bonds is 2. The molecule has 0 aliphatic heterocycles. The maximum atomic E-state index is 12.2. The fourth-order valence-corrected chi connectivity index (χ4v) is 2.77. The number of amides is 1. The summed E-state index contributed by atoms with van der Waals surface area (Å²) in [6, 6.07) is 6.97. The smallest absolute Gasteiger partial charge is 0.244 e. The molecule has 1 fully saturated rings. The summed E-state index contributed by atoms with van der Waals surface area (Å²) in [4.78, 5) is 12.2. The van der Waals surface area contributed by atoms with Crippen molar-refractivity contribution in [2.45, 2.75) is 25.7 Å². The number of halogens is 2. The lowest BCUT2D eigenvalue weighted by Gasteiger charge is -2.19. The largest absolute Gasteiger partial charge is 0.325 e. The van der Waals surface area contributed by atoms with E-state index in [1.807, 2.05) is 0 Å². The normalized spacial score (nSPS) is 17.2. The van der Waals surface area contributed by atoms with Gasteiger partial charge in [0.15, 0.2) is 0 Å². The van der Waals surface area contributed by atoms with Crippen LogP contribution in [0.3, 0.4) is 0 Å². The molecule has 1 amide bonds. The number of hydrogen-bond donors (Lipinski definition) is 1. The number of carbonyl (C=O) groups is 1. The standard InChI is InChI=1S/C13H12Cl2N2O/c14-9-5-10(15)7-11(6-9)17-12(18)13(8-16)3-1-2-4-13/h5-7H,1-4H2,(H,17,18). The molecule has 1 aromatic rings. The summed E-state index contributed by atoms with van der Waals surface area (Å²) in [5.74, 6) is -0.263. The van der Waals surface area contributed by atoms with E-state index >= 15 is 0 Å². The number of nitrogens with zero attached hydrogens (tertiary/aromatic N) is 1. The molecule has 0 unspecified atom stereocenters. The Labute approximate surface area is 116 Å². The van der Waals surface area contributed by atoms with E-state index < -0.39 is 5.41 Å². The molecule has 0 saturated heterocycles. The second-order valence-corrected chi connectivity index (χ2v) is 5.39. The zero-order valence-electron chi connectivity index (χ0n) is 9.67. The lowest BCUT2D eigenvalue weighted by atomic mass is 9.87. The molecule has 0 aromatic heterocycles. The third-order valence-corrected chi connectivity index (χ3v) is 3.66. The molecule has 1 aromatic carbocycles. The van der Waals surface area contributed by atoms with Gasteiger partial charge in [0.2, 0.25) is 5.91 Å². The van der Waals surface area contributed by atoms with Gasteiger partial charge in [-0.1, -0.05) is 36.0 Å². The van der Waals surface area contributed by atoms with Crippen LogP contribution in [0.15, 0.2) is 18.2 Å². The van der Waals surface area contributed by atoms with Crippen molar-refractivity contribution in [1.82, 2.24) is 0 Å². The Kier molecular flexibility index (Phi) is 3.79. The number of nitrogens with one attached hydrogen (secondary N) is 1. The van der Waals surface area contributed by atoms with Gasteiger partial charge in [0.25, 0.3) is 0 Å². The fraction of sp³-hybridized carbons (Fsp3) is 0.385. The molecule has 5 heteroatoms. The van der Waals surface area contributed by atoms with Crippen molar-refractivity contribution in [3.05, 3.63) is 28.2 Å². The second kappa shape index (κ2) is 5.17. The van der Waals surface area contributed by atoms with Crippen LogP contribution in [-0.4, -0.2) is 5.91 Å². The van der Waals surface area contributed by atoms with Crippen molar-refractivity contribution >= 4 is 34.8 Å². The predicted molar refractivity (Wildman–Crippen MR) is 71.6 cm³/mol. The highest BCUT2D eigenvalue weighted by molar-refractivity contribution is 6.35. The molecule has 3 nitrogen and oxygen atoms in total. The van der Waals surface area contributed by atoms with Crippen LogP contribution >= 0.6 is 23.2 Å². The summed E-state index contributed by atoms with van der Waals surface area (Å²) in [5, 5.41) is 12.8. The van der Waals surface area contributed by atoms with E-state index in [9.17, 15) is 10.1 Å². The van der Waals surface area contributed by atoms with Crippen LogP contribution in [0.4, 0.5) is 5.69 Å². The lowest BCUT2D eigenvalue weighted by molar-refractivity contribution is -0.122. The van der Waals surface area contributed by atoms with E-state index in [0.717, 1.165) is 12.8 Å². The van der Waals surface area contributed by atoms with E-state index in [-0.39, 0.29) is 5.91 Å². The van der Waals surface area contributed by atoms with E-state index in [2.05, 4.69) is 11.4 Å². The van der Waals surface area contributed by atoms with E-state index in [0.29, 0.717) is 28.6 Å². The van der Waals surface area contributed by atoms with Crippen LogP contribution in [0.2, 0.25) is 10.0 Å². The summed E-state index contributed by atoms with van der Waals surface area (Å²) in [6.07, 6.45) is 3.06. The van der Waals surface area contributed by atoms with Crippen molar-refractivity contribution in [3.63, 3.8) is 0 Å². The van der Waals surface area contributed by atoms with Crippen LogP contribution in [0, 0.1) is 16.7 Å². The average molecular weight is 283 g/mol. The number of carbonyl (C=O) groups excluding carboxylic acids is 1. The minimum absolute atomic E-state index is 0.263. The molecule has 0 atom stereocenters. The third kappa shape index (κ3) is 2.60. The van der Waals surface area contributed by atoms with Crippen molar-refractivity contribution < 1.29 is 4.79 Å². The van der Waals surface area contributed by atoms with Gasteiger partial charge in [-0.05, 0) is 31.0 Å². The number of benzene rings is 1. The van der Waals surface area contributed by atoms with Crippen molar-refractivity contribution in [2.24, 2.45) is 5.41 Å². The molecular formula is C13H12Cl2N2O. The Balaban J connectivity index is 2.18. The highest BCUT2D eigenvalue weighted by atomic mass is 35.5. The Morgan fingerprint density at radius 3 is 2.28 bits per heavy atom. The second-order valence-electron chi connectivity index (χ2n) is 4.51. The monoisotopic (exact) mass is 282 g/mol. The van der Waals surface area contributed by atoms with Crippen LogP contribution in [0.5, 0.6) is 0 Å². The van der Waals surface area contributed by atoms with Crippen molar-refractivity contribution in [2.75, 3.05) is 5.32 Å². The van der Waals surface area contributed by atoms with Crippen molar-refractivity contribution in [3.8, 4) is 6.07 Å². The predicted octanol–water partition coefficient (Wildman–Crippen LogP) is 4.02. The first kappa shape index (κ1) is 13.2. The Morgan fingerprint density at radius 1 is 1.22 bits per heavy atom. The third-order valence-electron chi connectivity index (χ3n) is 3.23. The van der Waals surface area contributed by atoms with Gasteiger partial charge >= 0.3 is 0 Å². The Bertz CT molecular complexity index is 496. The van der Waals surface area contributed by atoms with Gasteiger partial charge in [-0.3, -0.25) is 4.79 Å². The molecule has 1 N–H and O–H groups in total. The summed E-state index contributed by atoms with van der Waals surface area (Å²) >= 11 is 11.7. The quantitative estimate of drug-likeness (QED) is 0.891. The summed E-state index contributed by atoms with van der Waals surface area (Å²) < 4.78 is 0. The molecule has 1 saturated carbocycles. The van der Waals surface area contributed by atoms with Crippen molar-refractivity contribution in [1.29, 1.82) is 5.26 Å². The lowest BCUT2D eigenvalue weighted by Crippen LogP contribution is -2.32. The van der Waals surface area contributed by atoms with Gasteiger partial charge < -0.3 is 5.32 Å². The number of anilines is 1. The maximum Gasteiger partial charge on any atom is 0.244 e. The molecule has 2 rings (SSSR count). The maximum absolute atomic E-state index is 12.2. The molecule has 1 aliphatic rings. The summed E-state index contributed by atoms with van der Waals surface area (Å²) in [6.45, 7) is 0. The van der Waals surface area contributed by atoms with Gasteiger partial charge in [-0.2, -0.15) is 5.26 Å². The zero-order chi connectivity index (χ0) is 13.2. The average Bonchev–Trinajstić information content (AvgIpc) is 2.77. The number of hydrogen-bond acceptors (Lipinski definition) is 2. The van der Waals surface area contributed by atoms with Gasteiger partial charge in [-0.15, -0.1) is 0 Å².